The molecule has 0 saturated carbocycles. The van der Waals surface area contributed by atoms with E-state index in [0.29, 0.717) is 18.9 Å². The van der Waals surface area contributed by atoms with Gasteiger partial charge < -0.3 is 10.1 Å². The third kappa shape index (κ3) is 5.36. The van der Waals surface area contributed by atoms with Gasteiger partial charge >= 0.3 is 0 Å². The highest BCUT2D eigenvalue weighted by Gasteiger charge is 2.08. The lowest BCUT2D eigenvalue weighted by molar-refractivity contribution is 0.285. The molecule has 4 heteroatoms. The molecule has 0 amide bonds. The number of para-hydroxylation sites is 1. The van der Waals surface area contributed by atoms with Crippen molar-refractivity contribution in [3.05, 3.63) is 28.2 Å². The van der Waals surface area contributed by atoms with Crippen molar-refractivity contribution in [2.24, 2.45) is 5.92 Å². The van der Waals surface area contributed by atoms with Gasteiger partial charge in [0.15, 0.2) is 0 Å². The number of rotatable bonds is 8. The van der Waals surface area contributed by atoms with Gasteiger partial charge in [-0.25, -0.2) is 0 Å². The SMILES string of the molecule is CC(C)CNCc1cccc(Br)c1OCCCF. The molecule has 102 valence electrons. The summed E-state index contributed by atoms with van der Waals surface area (Å²) in [6, 6.07) is 5.96. The van der Waals surface area contributed by atoms with Crippen LogP contribution in [-0.2, 0) is 6.54 Å². The highest BCUT2D eigenvalue weighted by atomic mass is 79.9. The smallest absolute Gasteiger partial charge is 0.137 e. The molecule has 0 unspecified atom stereocenters. The first-order valence-electron chi connectivity index (χ1n) is 6.32. The Hall–Kier alpha value is -0.610. The Morgan fingerprint density at radius 2 is 2.17 bits per heavy atom. The molecule has 0 aliphatic heterocycles. The van der Waals surface area contributed by atoms with E-state index in [9.17, 15) is 4.39 Å². The van der Waals surface area contributed by atoms with E-state index in [-0.39, 0.29) is 6.67 Å². The molecule has 0 aliphatic rings. The fourth-order valence-corrected chi connectivity index (χ4v) is 2.10. The number of nitrogens with one attached hydrogen (secondary N) is 1. The molecule has 0 spiro atoms. The van der Waals surface area contributed by atoms with E-state index in [0.717, 1.165) is 28.9 Å². The van der Waals surface area contributed by atoms with Crippen LogP contribution in [-0.4, -0.2) is 19.8 Å². The number of hydrogen-bond acceptors (Lipinski definition) is 2. The second-order valence-corrected chi connectivity index (χ2v) is 5.50. The van der Waals surface area contributed by atoms with Crippen LogP contribution < -0.4 is 10.1 Å². The monoisotopic (exact) mass is 317 g/mol. The minimum atomic E-state index is -0.342. The van der Waals surface area contributed by atoms with Crippen LogP contribution in [0.4, 0.5) is 4.39 Å². The molecule has 1 aromatic rings. The van der Waals surface area contributed by atoms with Crippen molar-refractivity contribution in [3.63, 3.8) is 0 Å². The Morgan fingerprint density at radius 3 is 2.83 bits per heavy atom. The average molecular weight is 318 g/mol. The van der Waals surface area contributed by atoms with Gasteiger partial charge in [-0.3, -0.25) is 4.39 Å². The van der Waals surface area contributed by atoms with Gasteiger partial charge in [-0.1, -0.05) is 26.0 Å². The molecule has 0 saturated heterocycles. The van der Waals surface area contributed by atoms with Crippen LogP contribution in [0, 0.1) is 5.92 Å². The second-order valence-electron chi connectivity index (χ2n) is 4.64. The molecule has 1 aromatic carbocycles. The van der Waals surface area contributed by atoms with Crippen molar-refractivity contribution in [1.82, 2.24) is 5.32 Å². The summed E-state index contributed by atoms with van der Waals surface area (Å²) in [4.78, 5) is 0. The molecule has 1 N–H and O–H groups in total. The quantitative estimate of drug-likeness (QED) is 0.733. The number of alkyl halides is 1. The standard InChI is InChI=1S/C14H21BrFNO/c1-11(2)9-17-10-12-5-3-6-13(15)14(12)18-8-4-7-16/h3,5-6,11,17H,4,7-10H2,1-2H3. The largest absolute Gasteiger partial charge is 0.492 e. The molecule has 0 radical (unpaired) electrons. The van der Waals surface area contributed by atoms with Gasteiger partial charge in [0.25, 0.3) is 0 Å². The maximum absolute atomic E-state index is 12.1. The van der Waals surface area contributed by atoms with Gasteiger partial charge in [0.05, 0.1) is 17.8 Å². The van der Waals surface area contributed by atoms with Crippen molar-refractivity contribution in [3.8, 4) is 5.75 Å². The van der Waals surface area contributed by atoms with Crippen molar-refractivity contribution >= 4 is 15.9 Å². The predicted octanol–water partition coefficient (Wildman–Crippen LogP) is 3.93. The maximum atomic E-state index is 12.1. The molecule has 0 fully saturated rings. The number of benzene rings is 1. The summed E-state index contributed by atoms with van der Waals surface area (Å²) in [6.07, 6.45) is 0.431. The third-order valence-corrected chi connectivity index (χ3v) is 3.07. The molecule has 0 atom stereocenters. The van der Waals surface area contributed by atoms with E-state index in [1.807, 2.05) is 18.2 Å². The normalized spacial score (nSPS) is 10.9. The van der Waals surface area contributed by atoms with Crippen molar-refractivity contribution in [2.75, 3.05) is 19.8 Å². The maximum Gasteiger partial charge on any atom is 0.137 e. The van der Waals surface area contributed by atoms with Gasteiger partial charge in [0.1, 0.15) is 5.75 Å². The fraction of sp³-hybridized carbons (Fsp3) is 0.571. The lowest BCUT2D eigenvalue weighted by atomic mass is 10.2. The Labute approximate surface area is 117 Å². The van der Waals surface area contributed by atoms with Gasteiger partial charge in [0, 0.05) is 18.5 Å². The Bertz CT molecular complexity index is 358. The van der Waals surface area contributed by atoms with Crippen LogP contribution in [0.3, 0.4) is 0 Å². The topological polar surface area (TPSA) is 21.3 Å². The Morgan fingerprint density at radius 1 is 1.39 bits per heavy atom. The van der Waals surface area contributed by atoms with Gasteiger partial charge in [0.2, 0.25) is 0 Å². The summed E-state index contributed by atoms with van der Waals surface area (Å²) in [6.45, 7) is 6.15. The zero-order valence-electron chi connectivity index (χ0n) is 11.0. The zero-order chi connectivity index (χ0) is 13.4. The summed E-state index contributed by atoms with van der Waals surface area (Å²) in [5, 5.41) is 3.38. The molecular weight excluding hydrogens is 297 g/mol. The van der Waals surface area contributed by atoms with Crippen LogP contribution in [0.15, 0.2) is 22.7 Å². The molecular formula is C14H21BrFNO. The van der Waals surface area contributed by atoms with Crippen LogP contribution in [0.25, 0.3) is 0 Å². The summed E-state index contributed by atoms with van der Waals surface area (Å²) < 4.78 is 18.6. The van der Waals surface area contributed by atoms with E-state index in [4.69, 9.17) is 4.74 Å². The van der Waals surface area contributed by atoms with Crippen molar-refractivity contribution in [2.45, 2.75) is 26.8 Å². The predicted molar refractivity (Wildman–Crippen MR) is 76.8 cm³/mol. The molecule has 0 heterocycles. The van der Waals surface area contributed by atoms with E-state index in [2.05, 4.69) is 35.1 Å². The summed E-state index contributed by atoms with van der Waals surface area (Å²) in [7, 11) is 0. The summed E-state index contributed by atoms with van der Waals surface area (Å²) in [5.41, 5.74) is 1.10. The molecule has 2 nitrogen and oxygen atoms in total. The Balaban J connectivity index is 2.61. The van der Waals surface area contributed by atoms with Crippen molar-refractivity contribution < 1.29 is 9.13 Å². The lowest BCUT2D eigenvalue weighted by Gasteiger charge is -2.14. The summed E-state index contributed by atoms with van der Waals surface area (Å²) >= 11 is 3.47. The molecule has 0 aromatic heterocycles. The van der Waals surface area contributed by atoms with E-state index in [1.54, 1.807) is 0 Å². The van der Waals surface area contributed by atoms with E-state index >= 15 is 0 Å². The summed E-state index contributed by atoms with van der Waals surface area (Å²) in [5.74, 6) is 1.44. The first kappa shape index (κ1) is 15.4. The number of halogens is 2. The van der Waals surface area contributed by atoms with Crippen LogP contribution in [0.1, 0.15) is 25.8 Å². The lowest BCUT2D eigenvalue weighted by Crippen LogP contribution is -2.19. The first-order chi connectivity index (χ1) is 8.65. The van der Waals surface area contributed by atoms with Crippen LogP contribution in [0.5, 0.6) is 5.75 Å². The van der Waals surface area contributed by atoms with Crippen LogP contribution in [0.2, 0.25) is 0 Å². The highest BCUT2D eigenvalue weighted by molar-refractivity contribution is 9.10. The number of hydrogen-bond donors (Lipinski definition) is 1. The van der Waals surface area contributed by atoms with Gasteiger partial charge in [-0.05, 0) is 34.5 Å². The van der Waals surface area contributed by atoms with E-state index < -0.39 is 0 Å². The minimum Gasteiger partial charge on any atom is -0.492 e. The molecule has 0 bridgehead atoms. The molecule has 0 aliphatic carbocycles. The van der Waals surface area contributed by atoms with Crippen LogP contribution >= 0.6 is 15.9 Å². The number of ether oxygens (including phenoxy) is 1. The minimum absolute atomic E-state index is 0.342. The van der Waals surface area contributed by atoms with Gasteiger partial charge in [-0.2, -0.15) is 0 Å². The second kappa shape index (κ2) is 8.48. The Kier molecular flexibility index (Phi) is 7.28. The average Bonchev–Trinajstić information content (AvgIpc) is 2.32. The highest BCUT2D eigenvalue weighted by Crippen LogP contribution is 2.29. The third-order valence-electron chi connectivity index (χ3n) is 2.44. The fourth-order valence-electron chi connectivity index (χ4n) is 1.58. The molecule has 18 heavy (non-hydrogen) atoms. The van der Waals surface area contributed by atoms with E-state index in [1.165, 1.54) is 0 Å². The van der Waals surface area contributed by atoms with Crippen molar-refractivity contribution in [1.29, 1.82) is 0 Å². The van der Waals surface area contributed by atoms with Gasteiger partial charge in [-0.15, -0.1) is 0 Å². The zero-order valence-corrected chi connectivity index (χ0v) is 12.6. The molecule has 1 rings (SSSR count). The first-order valence-corrected chi connectivity index (χ1v) is 7.11.